The zero-order chi connectivity index (χ0) is 14.8. The number of H-pyrrole nitrogens is 1. The molecule has 0 atom stereocenters. The first kappa shape index (κ1) is 13.2. The zero-order valence-electron chi connectivity index (χ0n) is 11.6. The number of aryl methyl sites for hydroxylation is 1. The molecule has 108 valence electrons. The summed E-state index contributed by atoms with van der Waals surface area (Å²) in [4.78, 5) is 15.4. The van der Waals surface area contributed by atoms with Gasteiger partial charge in [-0.15, -0.1) is 10.2 Å². The fourth-order valence-corrected chi connectivity index (χ4v) is 2.26. The van der Waals surface area contributed by atoms with Gasteiger partial charge in [0.15, 0.2) is 5.82 Å². The standard InChI is InChI=1S/C14H16N6O/c1-2-20-8-18-19-13(20)7-17-14(21)11-6-16-12-4-3-9(15)5-10(11)12/h3-6,8,16H,2,7,15H2,1H3,(H,17,21). The lowest BCUT2D eigenvalue weighted by Crippen LogP contribution is -2.24. The number of rotatable bonds is 4. The van der Waals surface area contributed by atoms with Crippen LogP contribution in [0.15, 0.2) is 30.7 Å². The van der Waals surface area contributed by atoms with E-state index >= 15 is 0 Å². The number of carbonyl (C=O) groups is 1. The molecule has 3 rings (SSSR count). The lowest BCUT2D eigenvalue weighted by Gasteiger charge is -2.05. The molecule has 0 saturated heterocycles. The first-order valence-electron chi connectivity index (χ1n) is 6.70. The summed E-state index contributed by atoms with van der Waals surface area (Å²) in [5, 5.41) is 11.5. The summed E-state index contributed by atoms with van der Waals surface area (Å²) in [6, 6.07) is 5.44. The quantitative estimate of drug-likeness (QED) is 0.628. The number of benzene rings is 1. The first-order valence-corrected chi connectivity index (χ1v) is 6.70. The number of nitrogens with one attached hydrogen (secondary N) is 2. The maximum absolute atomic E-state index is 12.3. The molecular formula is C14H16N6O. The lowest BCUT2D eigenvalue weighted by atomic mass is 10.1. The number of aromatic amines is 1. The van der Waals surface area contributed by atoms with Gasteiger partial charge in [-0.25, -0.2) is 0 Å². The SMILES string of the molecule is CCn1cnnc1CNC(=O)c1c[nH]c2ccc(N)cc12. The molecule has 7 heteroatoms. The molecule has 0 spiro atoms. The zero-order valence-corrected chi connectivity index (χ0v) is 11.6. The molecule has 7 nitrogen and oxygen atoms in total. The average Bonchev–Trinajstić information content (AvgIpc) is 3.10. The van der Waals surface area contributed by atoms with Crippen molar-refractivity contribution >= 4 is 22.5 Å². The number of carbonyl (C=O) groups excluding carboxylic acids is 1. The smallest absolute Gasteiger partial charge is 0.253 e. The minimum atomic E-state index is -0.169. The van der Waals surface area contributed by atoms with E-state index in [0.29, 0.717) is 17.8 Å². The highest BCUT2D eigenvalue weighted by atomic mass is 16.1. The average molecular weight is 284 g/mol. The molecule has 1 aromatic carbocycles. The minimum absolute atomic E-state index is 0.169. The highest BCUT2D eigenvalue weighted by Crippen LogP contribution is 2.20. The van der Waals surface area contributed by atoms with Crippen LogP contribution in [0.4, 0.5) is 5.69 Å². The molecule has 0 saturated carbocycles. The summed E-state index contributed by atoms with van der Waals surface area (Å²) >= 11 is 0. The maximum atomic E-state index is 12.3. The van der Waals surface area contributed by atoms with Crippen LogP contribution < -0.4 is 11.1 Å². The largest absolute Gasteiger partial charge is 0.399 e. The number of aromatic nitrogens is 4. The third-order valence-electron chi connectivity index (χ3n) is 3.39. The van der Waals surface area contributed by atoms with Crippen molar-refractivity contribution in [3.05, 3.63) is 42.1 Å². The number of nitrogen functional groups attached to an aromatic ring is 1. The number of amides is 1. The summed E-state index contributed by atoms with van der Waals surface area (Å²) in [5.41, 5.74) is 7.85. The summed E-state index contributed by atoms with van der Waals surface area (Å²) < 4.78 is 1.88. The first-order chi connectivity index (χ1) is 10.2. The Morgan fingerprint density at radius 1 is 1.48 bits per heavy atom. The third-order valence-corrected chi connectivity index (χ3v) is 3.39. The Morgan fingerprint density at radius 3 is 3.14 bits per heavy atom. The van der Waals surface area contributed by atoms with Crippen molar-refractivity contribution in [2.75, 3.05) is 5.73 Å². The lowest BCUT2D eigenvalue weighted by molar-refractivity contribution is 0.0951. The highest BCUT2D eigenvalue weighted by Gasteiger charge is 2.13. The maximum Gasteiger partial charge on any atom is 0.253 e. The van der Waals surface area contributed by atoms with Gasteiger partial charge in [-0.1, -0.05) is 0 Å². The van der Waals surface area contributed by atoms with Gasteiger partial charge in [0.05, 0.1) is 12.1 Å². The molecule has 0 aliphatic carbocycles. The van der Waals surface area contributed by atoms with Gasteiger partial charge in [-0.2, -0.15) is 0 Å². The van der Waals surface area contributed by atoms with E-state index in [-0.39, 0.29) is 5.91 Å². The van der Waals surface area contributed by atoms with Crippen LogP contribution in [0.3, 0.4) is 0 Å². The van der Waals surface area contributed by atoms with Gasteiger partial charge >= 0.3 is 0 Å². The van der Waals surface area contributed by atoms with Crippen molar-refractivity contribution in [2.45, 2.75) is 20.0 Å². The van der Waals surface area contributed by atoms with Gasteiger partial charge in [0.2, 0.25) is 0 Å². The molecule has 0 bridgehead atoms. The number of nitrogens with zero attached hydrogens (tertiary/aromatic N) is 3. The topological polar surface area (TPSA) is 102 Å². The normalized spacial score (nSPS) is 10.9. The van der Waals surface area contributed by atoms with Crippen molar-refractivity contribution in [1.82, 2.24) is 25.1 Å². The number of nitrogens with two attached hydrogens (primary N) is 1. The number of hydrogen-bond donors (Lipinski definition) is 3. The number of anilines is 1. The Kier molecular flexibility index (Phi) is 3.31. The summed E-state index contributed by atoms with van der Waals surface area (Å²) in [5.74, 6) is 0.558. The van der Waals surface area contributed by atoms with Crippen LogP contribution in [0, 0.1) is 0 Å². The Hall–Kier alpha value is -2.83. The molecule has 4 N–H and O–H groups in total. The molecular weight excluding hydrogens is 268 g/mol. The fraction of sp³-hybridized carbons (Fsp3) is 0.214. The van der Waals surface area contributed by atoms with Gasteiger partial charge in [0.25, 0.3) is 5.91 Å². The summed E-state index contributed by atoms with van der Waals surface area (Å²) in [6.45, 7) is 3.10. The van der Waals surface area contributed by atoms with Gasteiger partial charge < -0.3 is 20.6 Å². The molecule has 2 aromatic heterocycles. The molecule has 0 radical (unpaired) electrons. The predicted molar refractivity (Wildman–Crippen MR) is 79.6 cm³/mol. The van der Waals surface area contributed by atoms with E-state index in [2.05, 4.69) is 20.5 Å². The van der Waals surface area contributed by atoms with Crippen molar-refractivity contribution < 1.29 is 4.79 Å². The van der Waals surface area contributed by atoms with Crippen molar-refractivity contribution in [2.24, 2.45) is 0 Å². The number of fused-ring (bicyclic) bond motifs is 1. The molecule has 0 aliphatic rings. The molecule has 2 heterocycles. The number of hydrogen-bond acceptors (Lipinski definition) is 4. The van der Waals surface area contributed by atoms with Crippen LogP contribution in [0.2, 0.25) is 0 Å². The molecule has 0 aliphatic heterocycles. The Balaban J connectivity index is 1.79. The van der Waals surface area contributed by atoms with Gasteiger partial charge in [0.1, 0.15) is 6.33 Å². The van der Waals surface area contributed by atoms with Gasteiger partial charge in [0, 0.05) is 29.3 Å². The van der Waals surface area contributed by atoms with E-state index in [4.69, 9.17) is 5.73 Å². The van der Waals surface area contributed by atoms with Crippen molar-refractivity contribution in [3.63, 3.8) is 0 Å². The van der Waals surface area contributed by atoms with Crippen LogP contribution in [0.25, 0.3) is 10.9 Å². The molecule has 3 aromatic rings. The van der Waals surface area contributed by atoms with Crippen molar-refractivity contribution in [3.8, 4) is 0 Å². The second-order valence-corrected chi connectivity index (χ2v) is 4.72. The minimum Gasteiger partial charge on any atom is -0.399 e. The van der Waals surface area contributed by atoms with E-state index in [1.54, 1.807) is 24.7 Å². The molecule has 21 heavy (non-hydrogen) atoms. The molecule has 0 fully saturated rings. The van der Waals surface area contributed by atoms with E-state index in [1.165, 1.54) is 0 Å². The summed E-state index contributed by atoms with van der Waals surface area (Å²) in [7, 11) is 0. The monoisotopic (exact) mass is 284 g/mol. The predicted octanol–water partition coefficient (Wildman–Crippen LogP) is 1.29. The highest BCUT2D eigenvalue weighted by molar-refractivity contribution is 6.07. The van der Waals surface area contributed by atoms with Crippen LogP contribution in [0.5, 0.6) is 0 Å². The summed E-state index contributed by atoms with van der Waals surface area (Å²) in [6.07, 6.45) is 3.33. The van der Waals surface area contributed by atoms with E-state index in [1.807, 2.05) is 17.6 Å². The Labute approximate surface area is 121 Å². The van der Waals surface area contributed by atoms with Crippen LogP contribution in [-0.2, 0) is 13.1 Å². The van der Waals surface area contributed by atoms with Crippen molar-refractivity contribution in [1.29, 1.82) is 0 Å². The van der Waals surface area contributed by atoms with Gasteiger partial charge in [-0.05, 0) is 25.1 Å². The second-order valence-electron chi connectivity index (χ2n) is 4.72. The third kappa shape index (κ3) is 2.45. The van der Waals surface area contributed by atoms with E-state index in [0.717, 1.165) is 23.3 Å². The Morgan fingerprint density at radius 2 is 2.33 bits per heavy atom. The van der Waals surface area contributed by atoms with E-state index < -0.39 is 0 Å². The van der Waals surface area contributed by atoms with Crippen LogP contribution >= 0.6 is 0 Å². The second kappa shape index (κ2) is 5.28. The Bertz CT molecular complexity index is 788. The van der Waals surface area contributed by atoms with Crippen LogP contribution in [0.1, 0.15) is 23.1 Å². The fourth-order valence-electron chi connectivity index (χ4n) is 2.26. The van der Waals surface area contributed by atoms with Gasteiger partial charge in [-0.3, -0.25) is 4.79 Å². The van der Waals surface area contributed by atoms with Crippen LogP contribution in [-0.4, -0.2) is 25.7 Å². The van der Waals surface area contributed by atoms with E-state index in [9.17, 15) is 4.79 Å². The molecule has 1 amide bonds. The molecule has 0 unspecified atom stereocenters.